The molecule has 3 atom stereocenters. The number of carboxylic acid groups (broad SMARTS) is 1. The lowest BCUT2D eigenvalue weighted by atomic mass is 9.98. The summed E-state index contributed by atoms with van der Waals surface area (Å²) in [6.45, 7) is 5.38. The summed E-state index contributed by atoms with van der Waals surface area (Å²) in [5.41, 5.74) is 3.71. The minimum absolute atomic E-state index is 0.157. The fraction of sp³-hybridized carbons (Fsp3) is 0.536. The second-order valence-electron chi connectivity index (χ2n) is 9.65. The summed E-state index contributed by atoms with van der Waals surface area (Å²) < 4.78 is 20.0. The van der Waals surface area contributed by atoms with Crippen molar-refractivity contribution < 1.29 is 24.1 Å². The summed E-state index contributed by atoms with van der Waals surface area (Å²) in [4.78, 5) is 13.1. The SMILES string of the molecule is Cc1ccc(C[C@@H]2CCCN2C[C@@H](O)CO[C@H](C)c2ccc(Cl)cc2CCCCC(=O)O)cc1F. The zero-order chi connectivity index (χ0) is 25.4. The zero-order valence-corrected chi connectivity index (χ0v) is 21.4. The van der Waals surface area contributed by atoms with Gasteiger partial charge < -0.3 is 14.9 Å². The van der Waals surface area contributed by atoms with E-state index in [2.05, 4.69) is 4.90 Å². The van der Waals surface area contributed by atoms with Crippen LogP contribution in [0.25, 0.3) is 0 Å². The Morgan fingerprint density at radius 3 is 2.80 bits per heavy atom. The van der Waals surface area contributed by atoms with Crippen molar-refractivity contribution in [1.82, 2.24) is 4.90 Å². The molecule has 2 aromatic carbocycles. The predicted octanol–water partition coefficient (Wildman–Crippen LogP) is 5.73. The molecule has 7 heteroatoms. The van der Waals surface area contributed by atoms with Gasteiger partial charge in [-0.25, -0.2) is 4.39 Å². The van der Waals surface area contributed by atoms with Crippen molar-refractivity contribution in [1.29, 1.82) is 0 Å². The van der Waals surface area contributed by atoms with Crippen LogP contribution in [0.15, 0.2) is 36.4 Å². The molecular weight excluding hydrogens is 469 g/mol. The van der Waals surface area contributed by atoms with Crippen LogP contribution < -0.4 is 0 Å². The molecule has 1 aliphatic heterocycles. The minimum atomic E-state index is -0.784. The minimum Gasteiger partial charge on any atom is -0.481 e. The summed E-state index contributed by atoms with van der Waals surface area (Å²) >= 11 is 6.19. The highest BCUT2D eigenvalue weighted by molar-refractivity contribution is 6.30. The number of aryl methyl sites for hydroxylation is 2. The van der Waals surface area contributed by atoms with E-state index in [0.717, 1.165) is 55.3 Å². The van der Waals surface area contributed by atoms with Gasteiger partial charge in [-0.2, -0.15) is 0 Å². The first-order valence-corrected chi connectivity index (χ1v) is 12.9. The average Bonchev–Trinajstić information content (AvgIpc) is 3.23. The number of nitrogens with zero attached hydrogens (tertiary/aromatic N) is 1. The van der Waals surface area contributed by atoms with E-state index in [-0.39, 0.29) is 31.0 Å². The molecule has 0 aliphatic carbocycles. The van der Waals surface area contributed by atoms with Crippen LogP contribution in [-0.4, -0.2) is 52.9 Å². The topological polar surface area (TPSA) is 70.0 Å². The van der Waals surface area contributed by atoms with E-state index in [1.54, 1.807) is 13.0 Å². The fourth-order valence-corrected chi connectivity index (χ4v) is 5.04. The molecule has 0 radical (unpaired) electrons. The fourth-order valence-electron chi connectivity index (χ4n) is 4.85. The van der Waals surface area contributed by atoms with Gasteiger partial charge in [0.25, 0.3) is 0 Å². The normalized spacial score (nSPS) is 18.0. The molecule has 1 saturated heterocycles. The van der Waals surface area contributed by atoms with E-state index in [4.69, 9.17) is 21.4 Å². The van der Waals surface area contributed by atoms with E-state index < -0.39 is 12.1 Å². The van der Waals surface area contributed by atoms with Crippen molar-refractivity contribution in [2.75, 3.05) is 19.7 Å². The van der Waals surface area contributed by atoms with Gasteiger partial charge in [0.1, 0.15) is 5.82 Å². The van der Waals surface area contributed by atoms with Gasteiger partial charge in [0.2, 0.25) is 0 Å². The van der Waals surface area contributed by atoms with Gasteiger partial charge >= 0.3 is 5.97 Å². The van der Waals surface area contributed by atoms with Crippen LogP contribution in [0, 0.1) is 12.7 Å². The van der Waals surface area contributed by atoms with Crippen LogP contribution in [-0.2, 0) is 22.4 Å². The largest absolute Gasteiger partial charge is 0.481 e. The maximum absolute atomic E-state index is 13.9. The molecule has 35 heavy (non-hydrogen) atoms. The first-order valence-electron chi connectivity index (χ1n) is 12.5. The van der Waals surface area contributed by atoms with Crippen LogP contribution in [0.3, 0.4) is 0 Å². The number of aliphatic carboxylic acids is 1. The Balaban J connectivity index is 1.51. The molecule has 5 nitrogen and oxygen atoms in total. The number of benzene rings is 2. The molecule has 0 spiro atoms. The molecule has 1 heterocycles. The second-order valence-corrected chi connectivity index (χ2v) is 10.1. The third-order valence-corrected chi connectivity index (χ3v) is 7.06. The van der Waals surface area contributed by atoms with E-state index in [0.29, 0.717) is 23.6 Å². The summed E-state index contributed by atoms with van der Waals surface area (Å²) in [6.07, 6.45) is 4.29. The molecule has 0 saturated carbocycles. The average molecular weight is 506 g/mol. The Hall–Kier alpha value is -1.99. The number of unbranched alkanes of at least 4 members (excludes halogenated alkanes) is 1. The summed E-state index contributed by atoms with van der Waals surface area (Å²) in [6, 6.07) is 11.4. The number of carbonyl (C=O) groups is 1. The maximum Gasteiger partial charge on any atom is 0.303 e. The van der Waals surface area contributed by atoms with Gasteiger partial charge in [-0.15, -0.1) is 0 Å². The number of hydrogen-bond acceptors (Lipinski definition) is 4. The van der Waals surface area contributed by atoms with Crippen LogP contribution in [0.1, 0.15) is 67.4 Å². The number of aliphatic hydroxyl groups excluding tert-OH is 1. The molecule has 1 fully saturated rings. The van der Waals surface area contributed by atoms with Crippen molar-refractivity contribution in [3.8, 4) is 0 Å². The highest BCUT2D eigenvalue weighted by Gasteiger charge is 2.27. The quantitative estimate of drug-likeness (QED) is 0.340. The Kier molecular flexibility index (Phi) is 10.5. The lowest BCUT2D eigenvalue weighted by Gasteiger charge is -2.28. The predicted molar refractivity (Wildman–Crippen MR) is 136 cm³/mol. The van der Waals surface area contributed by atoms with Gasteiger partial charge in [-0.1, -0.05) is 29.8 Å². The van der Waals surface area contributed by atoms with Crippen LogP contribution in [0.5, 0.6) is 0 Å². The third-order valence-electron chi connectivity index (χ3n) is 6.82. The Morgan fingerprint density at radius 2 is 2.06 bits per heavy atom. The molecule has 0 aromatic heterocycles. The van der Waals surface area contributed by atoms with E-state index >= 15 is 0 Å². The molecule has 3 rings (SSSR count). The number of β-amino-alcohol motifs (C(OH)–C–C–N with tert-alkyl or cyclic N) is 1. The number of halogens is 2. The van der Waals surface area contributed by atoms with Crippen molar-refractivity contribution in [2.24, 2.45) is 0 Å². The molecular formula is C28H37ClFNO4. The van der Waals surface area contributed by atoms with E-state index in [1.165, 1.54) is 0 Å². The van der Waals surface area contributed by atoms with E-state index in [1.807, 2.05) is 37.3 Å². The standard InChI is InChI=1S/C28H37ClFNO4/c1-19-9-10-21(15-27(19)30)14-24-7-5-13-31(24)17-25(32)18-35-20(2)26-12-11-23(29)16-22(26)6-3-4-8-28(33)34/h9-12,15-16,20,24-25,32H,3-8,13-14,17-18H2,1-2H3,(H,33,34)/t20-,24+,25-/m1/s1. The number of aliphatic hydroxyl groups is 1. The van der Waals surface area contributed by atoms with Gasteiger partial charge in [0, 0.05) is 24.0 Å². The Bertz CT molecular complexity index is 985. The summed E-state index contributed by atoms with van der Waals surface area (Å²) in [5.74, 6) is -0.953. The molecule has 2 N–H and O–H groups in total. The molecule has 0 unspecified atom stereocenters. The number of likely N-dealkylation sites (tertiary alicyclic amines) is 1. The van der Waals surface area contributed by atoms with Gasteiger partial charge in [0.15, 0.2) is 0 Å². The Morgan fingerprint density at radius 1 is 1.26 bits per heavy atom. The van der Waals surface area contributed by atoms with Crippen molar-refractivity contribution >= 4 is 17.6 Å². The molecule has 192 valence electrons. The summed E-state index contributed by atoms with van der Waals surface area (Å²) in [5, 5.41) is 20.2. The van der Waals surface area contributed by atoms with E-state index in [9.17, 15) is 14.3 Å². The van der Waals surface area contributed by atoms with Crippen molar-refractivity contribution in [3.63, 3.8) is 0 Å². The first-order chi connectivity index (χ1) is 16.7. The number of rotatable bonds is 13. The van der Waals surface area contributed by atoms with Crippen LogP contribution >= 0.6 is 11.6 Å². The molecule has 0 bridgehead atoms. The number of hydrogen-bond donors (Lipinski definition) is 2. The maximum atomic E-state index is 13.9. The molecule has 0 amide bonds. The van der Waals surface area contributed by atoms with Gasteiger partial charge in [-0.3, -0.25) is 9.69 Å². The zero-order valence-electron chi connectivity index (χ0n) is 20.7. The third kappa shape index (κ3) is 8.57. The second kappa shape index (κ2) is 13.4. The van der Waals surface area contributed by atoms with Gasteiger partial charge in [0.05, 0.1) is 18.8 Å². The highest BCUT2D eigenvalue weighted by atomic mass is 35.5. The van der Waals surface area contributed by atoms with Crippen LogP contribution in [0.4, 0.5) is 4.39 Å². The monoisotopic (exact) mass is 505 g/mol. The van der Waals surface area contributed by atoms with Gasteiger partial charge in [-0.05, 0) is 99.4 Å². The smallest absolute Gasteiger partial charge is 0.303 e. The van der Waals surface area contributed by atoms with Crippen LogP contribution in [0.2, 0.25) is 5.02 Å². The summed E-state index contributed by atoms with van der Waals surface area (Å²) in [7, 11) is 0. The lowest BCUT2D eigenvalue weighted by molar-refractivity contribution is -0.137. The highest BCUT2D eigenvalue weighted by Crippen LogP contribution is 2.27. The lowest BCUT2D eigenvalue weighted by Crippen LogP contribution is -2.39. The van der Waals surface area contributed by atoms with Crippen molar-refractivity contribution in [3.05, 3.63) is 69.5 Å². The Labute approximate surface area is 212 Å². The van der Waals surface area contributed by atoms with Crippen molar-refractivity contribution in [2.45, 2.75) is 77.0 Å². The number of ether oxygens (including phenoxy) is 1. The molecule has 1 aliphatic rings. The first kappa shape index (κ1) is 27.6. The molecule has 2 aromatic rings. The number of carboxylic acids is 1.